The molecule has 0 bridgehead atoms. The quantitative estimate of drug-likeness (QED) is 0.396. The number of nitrogens with one attached hydrogen (secondary N) is 2. The Kier molecular flexibility index (Phi) is 6.33. The van der Waals surface area contributed by atoms with Gasteiger partial charge in [0.2, 0.25) is 0 Å². The van der Waals surface area contributed by atoms with Gasteiger partial charge in [0.05, 0.1) is 11.2 Å². The highest BCUT2D eigenvalue weighted by atomic mass is 32.2. The molecule has 168 valence electrons. The topological polar surface area (TPSA) is 88.4 Å². The summed E-state index contributed by atoms with van der Waals surface area (Å²) >= 11 is 0. The molecule has 0 aliphatic heterocycles. The first-order valence-electron chi connectivity index (χ1n) is 10.4. The van der Waals surface area contributed by atoms with E-state index in [9.17, 15) is 13.2 Å². The molecule has 3 aromatic carbocycles. The van der Waals surface area contributed by atoms with Crippen molar-refractivity contribution in [1.29, 1.82) is 0 Å². The molecule has 4 rings (SSSR count). The van der Waals surface area contributed by atoms with Crippen molar-refractivity contribution in [1.82, 2.24) is 5.32 Å². The van der Waals surface area contributed by atoms with Crippen molar-refractivity contribution < 1.29 is 17.6 Å². The van der Waals surface area contributed by atoms with Crippen LogP contribution >= 0.6 is 0 Å². The summed E-state index contributed by atoms with van der Waals surface area (Å²) in [5.74, 6) is 0.316. The summed E-state index contributed by atoms with van der Waals surface area (Å²) in [7, 11) is -3.73. The molecule has 0 radical (unpaired) electrons. The van der Waals surface area contributed by atoms with Crippen molar-refractivity contribution in [2.24, 2.45) is 0 Å². The SMILES string of the molecule is Cc1ccc(S(=O)(=O)Nc2ccc(C(=O)NC(c3ccccc3)c3ccco3)cc2)cc1C. The zero-order valence-corrected chi connectivity index (χ0v) is 19.1. The first-order chi connectivity index (χ1) is 15.8. The second kappa shape index (κ2) is 9.34. The fraction of sp³-hybridized carbons (Fsp3) is 0.115. The third-order valence-electron chi connectivity index (χ3n) is 5.42. The molecule has 2 N–H and O–H groups in total. The standard InChI is InChI=1S/C26H24N2O4S/c1-18-10-15-23(17-19(18)2)33(30,31)28-22-13-11-21(12-14-22)26(29)27-25(24-9-6-16-32-24)20-7-4-3-5-8-20/h3-17,25,28H,1-2H3,(H,27,29). The monoisotopic (exact) mass is 460 g/mol. The summed E-state index contributed by atoms with van der Waals surface area (Å²) < 4.78 is 33.5. The van der Waals surface area contributed by atoms with Crippen LogP contribution in [0.2, 0.25) is 0 Å². The van der Waals surface area contributed by atoms with Gasteiger partial charge >= 0.3 is 0 Å². The highest BCUT2D eigenvalue weighted by Gasteiger charge is 2.20. The number of furan rings is 1. The van der Waals surface area contributed by atoms with Crippen molar-refractivity contribution in [2.75, 3.05) is 4.72 Å². The van der Waals surface area contributed by atoms with E-state index in [1.165, 1.54) is 0 Å². The van der Waals surface area contributed by atoms with Crippen molar-refractivity contribution in [3.63, 3.8) is 0 Å². The maximum atomic E-state index is 12.9. The smallest absolute Gasteiger partial charge is 0.261 e. The minimum atomic E-state index is -3.73. The van der Waals surface area contributed by atoms with Crippen LogP contribution < -0.4 is 10.0 Å². The van der Waals surface area contributed by atoms with Crippen molar-refractivity contribution in [3.05, 3.63) is 119 Å². The predicted molar refractivity (Wildman–Crippen MR) is 128 cm³/mol. The Balaban J connectivity index is 1.50. The minimum absolute atomic E-state index is 0.191. The largest absolute Gasteiger partial charge is 0.467 e. The van der Waals surface area contributed by atoms with Crippen LogP contribution in [0.5, 0.6) is 0 Å². The molecule has 1 atom stereocenters. The fourth-order valence-corrected chi connectivity index (χ4v) is 4.56. The third kappa shape index (κ3) is 5.15. The van der Waals surface area contributed by atoms with Gasteiger partial charge < -0.3 is 9.73 Å². The number of aryl methyl sites for hydroxylation is 2. The molecule has 6 nitrogen and oxygen atoms in total. The average Bonchev–Trinajstić information content (AvgIpc) is 3.34. The molecule has 1 amide bonds. The van der Waals surface area contributed by atoms with E-state index in [1.807, 2.05) is 50.2 Å². The molecule has 7 heteroatoms. The lowest BCUT2D eigenvalue weighted by molar-refractivity contribution is 0.0939. The van der Waals surface area contributed by atoms with Crippen LogP contribution in [0.1, 0.15) is 38.9 Å². The normalized spacial score (nSPS) is 12.2. The van der Waals surface area contributed by atoms with Crippen molar-refractivity contribution in [3.8, 4) is 0 Å². The van der Waals surface area contributed by atoms with Crippen molar-refractivity contribution in [2.45, 2.75) is 24.8 Å². The number of hydrogen-bond acceptors (Lipinski definition) is 4. The Hall–Kier alpha value is -3.84. The number of anilines is 1. The van der Waals surface area contributed by atoms with E-state index >= 15 is 0 Å². The van der Waals surface area contributed by atoms with E-state index in [-0.39, 0.29) is 10.8 Å². The van der Waals surface area contributed by atoms with Gasteiger partial charge in [0.15, 0.2) is 0 Å². The van der Waals surface area contributed by atoms with E-state index in [0.29, 0.717) is 17.0 Å². The summed E-state index contributed by atoms with van der Waals surface area (Å²) in [5.41, 5.74) is 3.58. The summed E-state index contributed by atoms with van der Waals surface area (Å²) in [6, 6.07) is 23.9. The molecule has 4 aromatic rings. The van der Waals surface area contributed by atoms with Gasteiger partial charge in [0, 0.05) is 11.3 Å². The number of hydrogen-bond donors (Lipinski definition) is 2. The Bertz CT molecular complexity index is 1350. The Labute approximate surface area is 193 Å². The number of benzene rings is 3. The number of sulfonamides is 1. The second-order valence-electron chi connectivity index (χ2n) is 7.76. The highest BCUT2D eigenvalue weighted by Crippen LogP contribution is 2.24. The third-order valence-corrected chi connectivity index (χ3v) is 6.80. The van der Waals surface area contributed by atoms with Crippen LogP contribution in [0.3, 0.4) is 0 Å². The molecule has 1 aromatic heterocycles. The highest BCUT2D eigenvalue weighted by molar-refractivity contribution is 7.92. The van der Waals surface area contributed by atoms with Gasteiger partial charge in [-0.1, -0.05) is 36.4 Å². The van der Waals surface area contributed by atoms with Crippen LogP contribution in [0.15, 0.2) is 101 Å². The molecule has 1 heterocycles. The van der Waals surface area contributed by atoms with Gasteiger partial charge in [-0.05, 0) is 79.1 Å². The van der Waals surface area contributed by atoms with Crippen LogP contribution in [-0.4, -0.2) is 14.3 Å². The summed E-state index contributed by atoms with van der Waals surface area (Å²) in [4.78, 5) is 13.1. The van der Waals surface area contributed by atoms with Crippen LogP contribution in [0.4, 0.5) is 5.69 Å². The number of carbonyl (C=O) groups excluding carboxylic acids is 1. The van der Waals surface area contributed by atoms with E-state index in [0.717, 1.165) is 16.7 Å². The summed E-state index contributed by atoms with van der Waals surface area (Å²) in [6.07, 6.45) is 1.56. The van der Waals surface area contributed by atoms with E-state index < -0.39 is 16.1 Å². The van der Waals surface area contributed by atoms with Gasteiger partial charge in [-0.3, -0.25) is 9.52 Å². The van der Waals surface area contributed by atoms with Crippen LogP contribution in [0, 0.1) is 13.8 Å². The van der Waals surface area contributed by atoms with Gasteiger partial charge in [-0.25, -0.2) is 8.42 Å². The number of amides is 1. The zero-order chi connectivity index (χ0) is 23.4. The molecule has 0 aliphatic rings. The van der Waals surface area contributed by atoms with Gasteiger partial charge in [-0.15, -0.1) is 0 Å². The van der Waals surface area contributed by atoms with Crippen LogP contribution in [0.25, 0.3) is 0 Å². The molecular formula is C26H24N2O4S. The lowest BCUT2D eigenvalue weighted by Gasteiger charge is -2.17. The van der Waals surface area contributed by atoms with E-state index in [2.05, 4.69) is 10.0 Å². The first-order valence-corrected chi connectivity index (χ1v) is 11.9. The fourth-order valence-electron chi connectivity index (χ4n) is 3.42. The maximum absolute atomic E-state index is 12.9. The number of carbonyl (C=O) groups is 1. The molecule has 0 saturated carbocycles. The Morgan fingerprint density at radius 3 is 2.21 bits per heavy atom. The van der Waals surface area contributed by atoms with E-state index in [4.69, 9.17) is 4.42 Å². The predicted octanol–water partition coefficient (Wildman–Crippen LogP) is 5.22. The van der Waals surface area contributed by atoms with E-state index in [1.54, 1.807) is 54.8 Å². The minimum Gasteiger partial charge on any atom is -0.467 e. The maximum Gasteiger partial charge on any atom is 0.261 e. The van der Waals surface area contributed by atoms with Gasteiger partial charge in [0.1, 0.15) is 11.8 Å². The van der Waals surface area contributed by atoms with Crippen molar-refractivity contribution >= 4 is 21.6 Å². The molecule has 33 heavy (non-hydrogen) atoms. The zero-order valence-electron chi connectivity index (χ0n) is 18.3. The molecular weight excluding hydrogens is 436 g/mol. The molecule has 0 aliphatic carbocycles. The van der Waals surface area contributed by atoms with Gasteiger partial charge in [0.25, 0.3) is 15.9 Å². The summed E-state index contributed by atoms with van der Waals surface area (Å²) in [6.45, 7) is 3.80. The summed E-state index contributed by atoms with van der Waals surface area (Å²) in [5, 5.41) is 2.99. The van der Waals surface area contributed by atoms with Gasteiger partial charge in [-0.2, -0.15) is 0 Å². The average molecular weight is 461 g/mol. The molecule has 1 unspecified atom stereocenters. The van der Waals surface area contributed by atoms with Crippen LogP contribution in [-0.2, 0) is 10.0 Å². The Morgan fingerprint density at radius 2 is 1.58 bits per heavy atom. The lowest BCUT2D eigenvalue weighted by atomic mass is 10.0. The number of rotatable bonds is 7. The first kappa shape index (κ1) is 22.4. The Morgan fingerprint density at radius 1 is 0.848 bits per heavy atom. The second-order valence-corrected chi connectivity index (χ2v) is 9.44. The lowest BCUT2D eigenvalue weighted by Crippen LogP contribution is -2.29. The molecule has 0 spiro atoms. The molecule has 0 saturated heterocycles. The molecule has 0 fully saturated rings.